The predicted molar refractivity (Wildman–Crippen MR) is 133 cm³/mol. The van der Waals surface area contributed by atoms with Crippen LogP contribution >= 0.6 is 0 Å². The van der Waals surface area contributed by atoms with Crippen molar-refractivity contribution in [2.24, 2.45) is 0 Å². The second kappa shape index (κ2) is 9.75. The van der Waals surface area contributed by atoms with E-state index in [1.165, 1.54) is 35.2 Å². The van der Waals surface area contributed by atoms with E-state index >= 15 is 0 Å². The van der Waals surface area contributed by atoms with Crippen LogP contribution in [-0.2, 0) is 29.5 Å². The Balaban J connectivity index is 1.64. The summed E-state index contributed by atoms with van der Waals surface area (Å²) in [6, 6.07) is 21.8. The van der Waals surface area contributed by atoms with Crippen LogP contribution in [0.1, 0.15) is 27.0 Å². The van der Waals surface area contributed by atoms with Gasteiger partial charge in [-0.2, -0.15) is 21.6 Å². The highest BCUT2D eigenvalue weighted by Crippen LogP contribution is 2.36. The molecule has 0 saturated carbocycles. The van der Waals surface area contributed by atoms with Crippen molar-refractivity contribution in [2.75, 3.05) is 0 Å². The summed E-state index contributed by atoms with van der Waals surface area (Å²) in [5, 5.41) is 0.703. The lowest BCUT2D eigenvalue weighted by atomic mass is 10.0. The van der Waals surface area contributed by atoms with Gasteiger partial charge in [-0.1, -0.05) is 72.8 Å². The number of benzene rings is 4. The third-order valence-electron chi connectivity index (χ3n) is 6.62. The summed E-state index contributed by atoms with van der Waals surface area (Å²) in [5.41, 5.74) is -3.83. The van der Waals surface area contributed by atoms with E-state index in [4.69, 9.17) is 0 Å². The minimum atomic E-state index is -6.06. The lowest BCUT2D eigenvalue weighted by Gasteiger charge is -2.30. The Labute approximate surface area is 216 Å². The lowest BCUT2D eigenvalue weighted by Crippen LogP contribution is -2.41. The monoisotopic (exact) mass is 543 g/mol. The van der Waals surface area contributed by atoms with Crippen molar-refractivity contribution in [1.82, 2.24) is 4.90 Å². The number of hydrogen-bond donors (Lipinski definition) is 0. The van der Waals surface area contributed by atoms with Gasteiger partial charge >= 0.3 is 15.6 Å². The molecule has 1 aliphatic carbocycles. The molecule has 0 aliphatic heterocycles. The first kappa shape index (κ1) is 25.7. The van der Waals surface area contributed by atoms with E-state index in [1.807, 2.05) is 24.3 Å². The zero-order valence-corrected chi connectivity index (χ0v) is 20.6. The van der Waals surface area contributed by atoms with Crippen molar-refractivity contribution in [2.45, 2.75) is 30.9 Å². The molecule has 4 aromatic rings. The van der Waals surface area contributed by atoms with E-state index in [1.54, 1.807) is 24.3 Å². The molecule has 1 aliphatic rings. The fraction of sp³-hybridized carbons (Fsp3) is 0.179. The predicted octanol–water partition coefficient (Wildman–Crippen LogP) is 6.02. The van der Waals surface area contributed by atoms with E-state index < -0.39 is 39.1 Å². The van der Waals surface area contributed by atoms with E-state index in [-0.39, 0.29) is 23.1 Å². The Morgan fingerprint density at radius 1 is 0.868 bits per heavy atom. The van der Waals surface area contributed by atoms with Gasteiger partial charge in [0.15, 0.2) is 5.75 Å². The number of hydrogen-bond acceptors (Lipinski definition) is 4. The summed E-state index contributed by atoms with van der Waals surface area (Å²) < 4.78 is 82.6. The number of amides is 1. The first-order chi connectivity index (χ1) is 18.0. The molecule has 4 aromatic carbocycles. The van der Waals surface area contributed by atoms with Crippen molar-refractivity contribution in [3.63, 3.8) is 0 Å². The highest BCUT2D eigenvalue weighted by atomic mass is 32.2. The van der Waals surface area contributed by atoms with Crippen LogP contribution in [0, 0.1) is 5.82 Å². The highest BCUT2D eigenvalue weighted by Gasteiger charge is 2.49. The molecule has 0 aromatic heterocycles. The van der Waals surface area contributed by atoms with E-state index in [2.05, 4.69) is 4.18 Å². The summed E-state index contributed by atoms with van der Waals surface area (Å²) in [4.78, 5) is 15.6. The zero-order chi connectivity index (χ0) is 27.1. The molecule has 10 heteroatoms. The molecule has 5 nitrogen and oxygen atoms in total. The normalized spacial score (nSPS) is 13.9. The van der Waals surface area contributed by atoms with Crippen LogP contribution in [0.4, 0.5) is 17.6 Å². The van der Waals surface area contributed by atoms with Crippen LogP contribution in [-0.4, -0.2) is 30.8 Å². The molecule has 0 spiro atoms. The number of fused-ring (bicyclic) bond motifs is 2. The summed E-state index contributed by atoms with van der Waals surface area (Å²) in [6.07, 6.45) is 0.885. The van der Waals surface area contributed by atoms with Crippen LogP contribution in [0.5, 0.6) is 5.75 Å². The maximum Gasteiger partial charge on any atom is 0.534 e. The third kappa shape index (κ3) is 4.83. The van der Waals surface area contributed by atoms with Gasteiger partial charge in [0, 0.05) is 18.2 Å². The van der Waals surface area contributed by atoms with Gasteiger partial charge in [0.25, 0.3) is 5.91 Å². The van der Waals surface area contributed by atoms with Crippen molar-refractivity contribution in [3.8, 4) is 5.75 Å². The highest BCUT2D eigenvalue weighted by molar-refractivity contribution is 7.88. The fourth-order valence-electron chi connectivity index (χ4n) is 4.78. The smallest absolute Gasteiger partial charge is 0.375 e. The summed E-state index contributed by atoms with van der Waals surface area (Å²) in [6.45, 7) is -0.182. The van der Waals surface area contributed by atoms with Gasteiger partial charge in [-0.05, 0) is 46.9 Å². The van der Waals surface area contributed by atoms with E-state index in [0.29, 0.717) is 18.2 Å². The van der Waals surface area contributed by atoms with E-state index in [9.17, 15) is 30.8 Å². The average molecular weight is 544 g/mol. The molecule has 0 saturated heterocycles. The Morgan fingerprint density at radius 3 is 2.13 bits per heavy atom. The van der Waals surface area contributed by atoms with Crippen LogP contribution in [0.2, 0.25) is 0 Å². The minimum absolute atomic E-state index is 0.182. The van der Waals surface area contributed by atoms with Crippen LogP contribution in [0.3, 0.4) is 0 Å². The molecular formula is C28H21F4NO4S. The Kier molecular flexibility index (Phi) is 6.60. The lowest BCUT2D eigenvalue weighted by molar-refractivity contribution is -0.0500. The second-order valence-corrected chi connectivity index (χ2v) is 10.5. The molecule has 0 heterocycles. The summed E-state index contributed by atoms with van der Waals surface area (Å²) >= 11 is 0. The Bertz CT molecular complexity index is 1610. The molecule has 0 radical (unpaired) electrons. The van der Waals surface area contributed by atoms with E-state index in [0.717, 1.165) is 17.2 Å². The van der Waals surface area contributed by atoms with Crippen LogP contribution in [0.15, 0.2) is 84.9 Å². The summed E-state index contributed by atoms with van der Waals surface area (Å²) in [7, 11) is -6.06. The standard InChI is InChI=1S/C28H21F4NO4S/c29-24-12-6-4-10-21(24)17-33(22-15-19-8-1-2-9-20(19)16-22)27(34)26-23-11-5-3-7-18(23)13-14-25(26)37-38(35,36)28(30,31)32/h1-14,22H,15-17H2. The van der Waals surface area contributed by atoms with Crippen LogP contribution in [0.25, 0.3) is 10.8 Å². The molecule has 1 amide bonds. The molecule has 0 unspecified atom stereocenters. The first-order valence-corrected chi connectivity index (χ1v) is 13.1. The number of rotatable bonds is 6. The van der Waals surface area contributed by atoms with Gasteiger partial charge in [-0.15, -0.1) is 0 Å². The Morgan fingerprint density at radius 2 is 1.47 bits per heavy atom. The second-order valence-electron chi connectivity index (χ2n) is 9.00. The maximum absolute atomic E-state index is 14.7. The number of nitrogens with zero attached hydrogens (tertiary/aromatic N) is 1. The molecule has 38 heavy (non-hydrogen) atoms. The fourth-order valence-corrected chi connectivity index (χ4v) is 5.25. The van der Waals surface area contributed by atoms with Gasteiger partial charge in [-0.3, -0.25) is 4.79 Å². The van der Waals surface area contributed by atoms with Crippen molar-refractivity contribution < 1.29 is 35.0 Å². The van der Waals surface area contributed by atoms with Crippen LogP contribution < -0.4 is 4.18 Å². The van der Waals surface area contributed by atoms with Gasteiger partial charge in [-0.25, -0.2) is 4.39 Å². The number of alkyl halides is 3. The van der Waals surface area contributed by atoms with Crippen molar-refractivity contribution >= 4 is 26.8 Å². The SMILES string of the molecule is O=C(c1c(OS(=O)(=O)C(F)(F)F)ccc2ccccc12)N(Cc1ccccc1F)C1Cc2ccccc2C1. The quantitative estimate of drug-likeness (QED) is 0.170. The zero-order valence-electron chi connectivity index (χ0n) is 19.8. The number of carbonyl (C=O) groups excluding carboxylic acids is 1. The van der Waals surface area contributed by atoms with Gasteiger partial charge in [0.1, 0.15) is 5.82 Å². The maximum atomic E-state index is 14.7. The first-order valence-electron chi connectivity index (χ1n) is 11.7. The van der Waals surface area contributed by atoms with Gasteiger partial charge in [0.2, 0.25) is 0 Å². The molecule has 0 fully saturated rings. The topological polar surface area (TPSA) is 63.7 Å². The molecule has 0 N–H and O–H groups in total. The summed E-state index contributed by atoms with van der Waals surface area (Å²) in [5.74, 6) is -2.06. The average Bonchev–Trinajstić information content (AvgIpc) is 3.31. The van der Waals surface area contributed by atoms with Gasteiger partial charge in [0.05, 0.1) is 5.56 Å². The minimum Gasteiger partial charge on any atom is -0.375 e. The Hall–Kier alpha value is -3.92. The molecule has 0 bridgehead atoms. The van der Waals surface area contributed by atoms with Gasteiger partial charge < -0.3 is 9.08 Å². The largest absolute Gasteiger partial charge is 0.534 e. The molecule has 196 valence electrons. The molecule has 0 atom stereocenters. The molecule has 5 rings (SSSR count). The van der Waals surface area contributed by atoms with Crippen molar-refractivity contribution in [3.05, 3.63) is 113 Å². The molecular weight excluding hydrogens is 522 g/mol. The van der Waals surface area contributed by atoms with Crippen molar-refractivity contribution in [1.29, 1.82) is 0 Å². The number of halogens is 4. The number of carbonyl (C=O) groups is 1. The third-order valence-corrected chi connectivity index (χ3v) is 7.58.